The van der Waals surface area contributed by atoms with Crippen molar-refractivity contribution in [3.8, 4) is 5.75 Å². The number of rotatable bonds is 13. The summed E-state index contributed by atoms with van der Waals surface area (Å²) in [5.74, 6) is 0.0771. The zero-order chi connectivity index (χ0) is 30.8. The molecule has 4 rings (SSSR count). The molecule has 0 aromatic heterocycles. The Labute approximate surface area is 252 Å². The van der Waals surface area contributed by atoms with Crippen molar-refractivity contribution in [1.29, 1.82) is 0 Å². The van der Waals surface area contributed by atoms with E-state index >= 15 is 0 Å². The molecule has 2 unspecified atom stereocenters. The number of allylic oxidation sites excluding steroid dienone is 4. The number of amides is 1. The zero-order valence-electron chi connectivity index (χ0n) is 23.8. The fourth-order valence-electron chi connectivity index (χ4n) is 4.66. The molecule has 2 aromatic carbocycles. The Bertz CT molecular complexity index is 1360. The summed E-state index contributed by atoms with van der Waals surface area (Å²) in [7, 11) is 1.53. The van der Waals surface area contributed by atoms with E-state index < -0.39 is 24.9 Å². The minimum Gasteiger partial charge on any atom is -0.492 e. The molecule has 8 nitrogen and oxygen atoms in total. The van der Waals surface area contributed by atoms with Crippen molar-refractivity contribution < 1.29 is 41.8 Å². The van der Waals surface area contributed by atoms with E-state index in [-0.39, 0.29) is 31.5 Å². The monoisotopic (exact) mass is 618 g/mol. The Kier molecular flexibility index (Phi) is 11.3. The number of fused-ring (bicyclic) bond motifs is 1. The van der Waals surface area contributed by atoms with Crippen LogP contribution in [0.1, 0.15) is 18.1 Å². The molecule has 1 heterocycles. The fraction of sp³-hybridized carbons (Fsp3) is 0.387. The molecule has 1 aliphatic carbocycles. The van der Waals surface area contributed by atoms with E-state index in [2.05, 4.69) is 17.3 Å². The summed E-state index contributed by atoms with van der Waals surface area (Å²) in [6, 6.07) is 12.7. The van der Waals surface area contributed by atoms with Crippen LogP contribution in [-0.4, -0.2) is 69.1 Å². The molecule has 2 aliphatic rings. The number of anilines is 1. The van der Waals surface area contributed by atoms with Gasteiger partial charge < -0.3 is 23.9 Å². The zero-order valence-corrected chi connectivity index (χ0v) is 24.7. The largest absolute Gasteiger partial charge is 0.492 e. The van der Waals surface area contributed by atoms with E-state index in [1.165, 1.54) is 18.9 Å². The lowest BCUT2D eigenvalue weighted by Gasteiger charge is -2.29. The molecule has 0 fully saturated rings. The molecule has 12 heteroatoms. The number of thioether (sulfide) groups is 1. The van der Waals surface area contributed by atoms with Crippen LogP contribution in [-0.2, 0) is 36.7 Å². The van der Waals surface area contributed by atoms with Gasteiger partial charge in [0, 0.05) is 17.2 Å². The number of oxime groups is 1. The van der Waals surface area contributed by atoms with Crippen molar-refractivity contribution in [2.75, 3.05) is 44.1 Å². The van der Waals surface area contributed by atoms with Crippen LogP contribution < -0.4 is 9.64 Å². The number of carbonyl (C=O) groups excluding carboxylic acids is 2. The van der Waals surface area contributed by atoms with Crippen molar-refractivity contribution in [3.05, 3.63) is 77.9 Å². The van der Waals surface area contributed by atoms with Crippen LogP contribution in [0.25, 0.3) is 0 Å². The molecule has 1 aliphatic heterocycles. The molecule has 2 aromatic rings. The molecule has 0 saturated carbocycles. The predicted molar refractivity (Wildman–Crippen MR) is 158 cm³/mol. The van der Waals surface area contributed by atoms with E-state index in [4.69, 9.17) is 19.0 Å². The lowest BCUT2D eigenvalue weighted by molar-refractivity contribution is -0.194. The standard InChI is InChI=1S/C31H33F3N2O6S/c1-3-40-30(38)27(42-20-31(32,33)34)17-21-8-11-24(12-9-21)41-15-14-36-26-13-10-22(18-28(26)43-19-29(36)37)16-23-6-4-5-7-25(23)35-39-2/h4-13,18,23,27H,3,14-17,19-20H2,1-2H3. The number of benzene rings is 2. The highest BCUT2D eigenvalue weighted by Crippen LogP contribution is 2.36. The summed E-state index contributed by atoms with van der Waals surface area (Å²) in [6.45, 7) is 0.620. The first-order chi connectivity index (χ1) is 20.7. The molecular formula is C31H33F3N2O6S. The van der Waals surface area contributed by atoms with E-state index in [0.717, 1.165) is 28.3 Å². The van der Waals surface area contributed by atoms with E-state index in [1.807, 2.05) is 30.4 Å². The number of carbonyl (C=O) groups is 2. The van der Waals surface area contributed by atoms with Crippen LogP contribution in [0, 0.1) is 5.92 Å². The highest BCUT2D eigenvalue weighted by molar-refractivity contribution is 8.00. The third kappa shape index (κ3) is 9.36. The Balaban J connectivity index is 1.33. The van der Waals surface area contributed by atoms with Gasteiger partial charge in [-0.2, -0.15) is 13.2 Å². The summed E-state index contributed by atoms with van der Waals surface area (Å²) >= 11 is 1.51. The van der Waals surface area contributed by atoms with Gasteiger partial charge in [-0.1, -0.05) is 41.6 Å². The highest BCUT2D eigenvalue weighted by Gasteiger charge is 2.32. The average Bonchev–Trinajstić information content (AvgIpc) is 2.98. The van der Waals surface area contributed by atoms with Gasteiger partial charge >= 0.3 is 12.1 Å². The van der Waals surface area contributed by atoms with Gasteiger partial charge in [0.1, 0.15) is 26.1 Å². The summed E-state index contributed by atoms with van der Waals surface area (Å²) < 4.78 is 53.4. The first-order valence-corrected chi connectivity index (χ1v) is 14.7. The highest BCUT2D eigenvalue weighted by atomic mass is 32.2. The maximum Gasteiger partial charge on any atom is 0.411 e. The van der Waals surface area contributed by atoms with Crippen LogP contribution in [0.3, 0.4) is 0 Å². The second-order valence-corrected chi connectivity index (χ2v) is 10.8. The van der Waals surface area contributed by atoms with Gasteiger partial charge in [-0.05, 0) is 54.8 Å². The molecule has 43 heavy (non-hydrogen) atoms. The van der Waals surface area contributed by atoms with Gasteiger partial charge in [-0.25, -0.2) is 4.79 Å². The fourth-order valence-corrected chi connectivity index (χ4v) is 5.65. The van der Waals surface area contributed by atoms with Gasteiger partial charge in [0.15, 0.2) is 6.10 Å². The van der Waals surface area contributed by atoms with E-state index in [1.54, 1.807) is 36.1 Å². The summed E-state index contributed by atoms with van der Waals surface area (Å²) in [5, 5.41) is 4.12. The molecule has 0 radical (unpaired) electrons. The van der Waals surface area contributed by atoms with Crippen LogP contribution >= 0.6 is 11.8 Å². The third-order valence-electron chi connectivity index (χ3n) is 6.65. The predicted octanol–water partition coefficient (Wildman–Crippen LogP) is 5.54. The second-order valence-electron chi connectivity index (χ2n) is 9.75. The van der Waals surface area contributed by atoms with Gasteiger partial charge in [0.05, 0.1) is 30.3 Å². The van der Waals surface area contributed by atoms with Gasteiger partial charge in [0.2, 0.25) is 5.91 Å². The number of ether oxygens (including phenoxy) is 3. The molecule has 0 saturated heterocycles. The molecule has 0 spiro atoms. The number of alkyl halides is 3. The lowest BCUT2D eigenvalue weighted by atomic mass is 9.91. The quantitative estimate of drug-likeness (QED) is 0.215. The third-order valence-corrected chi connectivity index (χ3v) is 7.68. The minimum atomic E-state index is -4.56. The number of hydrogen-bond acceptors (Lipinski definition) is 8. The van der Waals surface area contributed by atoms with Crippen molar-refractivity contribution in [2.45, 2.75) is 36.9 Å². The van der Waals surface area contributed by atoms with Crippen LogP contribution in [0.5, 0.6) is 5.75 Å². The van der Waals surface area contributed by atoms with Crippen molar-refractivity contribution in [1.82, 2.24) is 0 Å². The second kappa shape index (κ2) is 15.1. The number of halogens is 3. The van der Waals surface area contributed by atoms with Crippen LogP contribution in [0.2, 0.25) is 0 Å². The van der Waals surface area contributed by atoms with Crippen LogP contribution in [0.15, 0.2) is 76.8 Å². The molecule has 0 bridgehead atoms. The Morgan fingerprint density at radius 2 is 1.91 bits per heavy atom. The maximum absolute atomic E-state index is 12.8. The Morgan fingerprint density at radius 1 is 1.14 bits per heavy atom. The molecule has 2 atom stereocenters. The molecule has 1 amide bonds. The van der Waals surface area contributed by atoms with Crippen molar-refractivity contribution in [3.63, 3.8) is 0 Å². The summed E-state index contributed by atoms with van der Waals surface area (Å²) in [4.78, 5) is 32.6. The molecule has 230 valence electrons. The maximum atomic E-state index is 12.8. The first-order valence-electron chi connectivity index (χ1n) is 13.8. The van der Waals surface area contributed by atoms with E-state index in [0.29, 0.717) is 23.6 Å². The number of nitrogens with zero attached hydrogens (tertiary/aromatic N) is 2. The lowest BCUT2D eigenvalue weighted by Crippen LogP contribution is -2.38. The Morgan fingerprint density at radius 3 is 2.63 bits per heavy atom. The molecule has 0 N–H and O–H groups in total. The van der Waals surface area contributed by atoms with Crippen molar-refractivity contribution in [2.24, 2.45) is 11.1 Å². The average molecular weight is 619 g/mol. The minimum absolute atomic E-state index is 0.0112. The summed E-state index contributed by atoms with van der Waals surface area (Å²) in [6.07, 6.45) is 2.67. The van der Waals surface area contributed by atoms with E-state index in [9.17, 15) is 22.8 Å². The van der Waals surface area contributed by atoms with Gasteiger partial charge in [-0.15, -0.1) is 11.8 Å². The smallest absolute Gasteiger partial charge is 0.411 e. The number of esters is 1. The molecular weight excluding hydrogens is 585 g/mol. The Hall–Kier alpha value is -3.77. The number of hydrogen-bond donors (Lipinski definition) is 0. The van der Waals surface area contributed by atoms with Gasteiger partial charge in [0.25, 0.3) is 0 Å². The normalized spacial score (nSPS) is 18.0. The SMILES string of the molecule is CCOC(=O)C(Cc1ccc(OCCN2C(=O)CSc3cc(CC4C=CC=CC4=NOC)ccc32)cc1)OCC(F)(F)F. The van der Waals surface area contributed by atoms with Crippen molar-refractivity contribution >= 4 is 35.0 Å². The van der Waals surface area contributed by atoms with Crippen LogP contribution in [0.4, 0.5) is 18.9 Å². The summed E-state index contributed by atoms with van der Waals surface area (Å²) in [5.41, 5.74) is 3.39. The van der Waals surface area contributed by atoms with Gasteiger partial charge in [-0.3, -0.25) is 4.79 Å². The topological polar surface area (TPSA) is 86.7 Å². The first kappa shape index (κ1) is 32.2.